The number of amides is 1. The summed E-state index contributed by atoms with van der Waals surface area (Å²) in [5.41, 5.74) is 1.92. The topological polar surface area (TPSA) is 29.5 Å². The van der Waals surface area contributed by atoms with E-state index in [1.54, 1.807) is 24.1 Å². The van der Waals surface area contributed by atoms with E-state index in [-0.39, 0.29) is 11.5 Å². The van der Waals surface area contributed by atoms with Crippen LogP contribution in [0, 0.1) is 11.6 Å². The van der Waals surface area contributed by atoms with Crippen molar-refractivity contribution in [1.29, 1.82) is 0 Å². The zero-order valence-corrected chi connectivity index (χ0v) is 11.4. The summed E-state index contributed by atoms with van der Waals surface area (Å²) in [7, 11) is 1.58. The molecule has 1 amide bonds. The number of carbonyl (C=O) groups is 1. The molecule has 0 saturated carbocycles. The van der Waals surface area contributed by atoms with E-state index in [2.05, 4.69) is 0 Å². The van der Waals surface area contributed by atoms with Gasteiger partial charge in [-0.1, -0.05) is 0 Å². The Morgan fingerprint density at radius 2 is 1.95 bits per heavy atom. The van der Waals surface area contributed by atoms with Gasteiger partial charge in [-0.2, -0.15) is 0 Å². The van der Waals surface area contributed by atoms with Gasteiger partial charge in [-0.15, -0.1) is 0 Å². The van der Waals surface area contributed by atoms with E-state index >= 15 is 0 Å². The van der Waals surface area contributed by atoms with Crippen molar-refractivity contribution < 1.29 is 18.3 Å². The van der Waals surface area contributed by atoms with Crippen LogP contribution in [0.3, 0.4) is 0 Å². The predicted octanol–water partition coefficient (Wildman–Crippen LogP) is 3.18. The number of halogens is 2. The Balaban J connectivity index is 1.93. The van der Waals surface area contributed by atoms with E-state index in [0.29, 0.717) is 13.0 Å². The molecular weight excluding hydrogens is 276 g/mol. The summed E-state index contributed by atoms with van der Waals surface area (Å²) in [6.45, 7) is 0.514. The molecular formula is C16H13F2NO2. The third kappa shape index (κ3) is 2.35. The number of methoxy groups -OCH3 is 1. The molecule has 0 N–H and O–H groups in total. The van der Waals surface area contributed by atoms with Crippen molar-refractivity contribution >= 4 is 11.6 Å². The summed E-state index contributed by atoms with van der Waals surface area (Å²) < 4.78 is 31.4. The molecule has 1 aliphatic heterocycles. The fraction of sp³-hybridized carbons (Fsp3) is 0.188. The fourth-order valence-corrected chi connectivity index (χ4v) is 2.50. The number of nitrogens with zero attached hydrogens (tertiary/aromatic N) is 1. The molecule has 5 heteroatoms. The van der Waals surface area contributed by atoms with Crippen LogP contribution in [0.5, 0.6) is 5.75 Å². The van der Waals surface area contributed by atoms with Crippen molar-refractivity contribution in [3.8, 4) is 5.75 Å². The van der Waals surface area contributed by atoms with Gasteiger partial charge in [0.2, 0.25) is 0 Å². The van der Waals surface area contributed by atoms with Crippen molar-refractivity contribution in [2.24, 2.45) is 0 Å². The van der Waals surface area contributed by atoms with Gasteiger partial charge in [0.1, 0.15) is 5.75 Å². The summed E-state index contributed by atoms with van der Waals surface area (Å²) >= 11 is 0. The maximum Gasteiger partial charge on any atom is 0.258 e. The second kappa shape index (κ2) is 5.16. The highest BCUT2D eigenvalue weighted by Crippen LogP contribution is 2.32. The highest BCUT2D eigenvalue weighted by Gasteiger charge is 2.26. The van der Waals surface area contributed by atoms with Gasteiger partial charge >= 0.3 is 0 Å². The first-order chi connectivity index (χ1) is 10.1. The van der Waals surface area contributed by atoms with Crippen LogP contribution in [0.2, 0.25) is 0 Å². The number of ether oxygens (including phenoxy) is 1. The van der Waals surface area contributed by atoms with E-state index in [0.717, 1.165) is 29.1 Å². The number of carbonyl (C=O) groups excluding carboxylic acids is 1. The minimum atomic E-state index is -1.02. The van der Waals surface area contributed by atoms with Crippen molar-refractivity contribution in [3.63, 3.8) is 0 Å². The van der Waals surface area contributed by atoms with Crippen LogP contribution in [0.15, 0.2) is 36.4 Å². The van der Waals surface area contributed by atoms with Gasteiger partial charge in [0, 0.05) is 17.8 Å². The average molecular weight is 289 g/mol. The largest absolute Gasteiger partial charge is 0.497 e. The monoisotopic (exact) mass is 289 g/mol. The van der Waals surface area contributed by atoms with E-state index < -0.39 is 11.6 Å². The smallest absolute Gasteiger partial charge is 0.258 e. The Bertz CT molecular complexity index is 715. The van der Waals surface area contributed by atoms with Crippen LogP contribution >= 0.6 is 0 Å². The van der Waals surface area contributed by atoms with Gasteiger partial charge in [-0.05, 0) is 48.4 Å². The van der Waals surface area contributed by atoms with E-state index in [1.807, 2.05) is 6.07 Å². The Labute approximate surface area is 120 Å². The molecule has 0 aromatic heterocycles. The maximum absolute atomic E-state index is 13.3. The summed E-state index contributed by atoms with van der Waals surface area (Å²) in [5.74, 6) is -1.58. The molecule has 0 unspecified atom stereocenters. The van der Waals surface area contributed by atoms with E-state index in [4.69, 9.17) is 4.74 Å². The summed E-state index contributed by atoms with van der Waals surface area (Å²) in [6, 6.07) is 8.65. The molecule has 1 aliphatic rings. The Morgan fingerprint density at radius 1 is 1.14 bits per heavy atom. The zero-order valence-electron chi connectivity index (χ0n) is 11.4. The molecule has 3 rings (SSSR count). The van der Waals surface area contributed by atoms with Crippen LogP contribution < -0.4 is 9.64 Å². The quantitative estimate of drug-likeness (QED) is 0.850. The predicted molar refractivity (Wildman–Crippen MR) is 74.7 cm³/mol. The van der Waals surface area contributed by atoms with Gasteiger partial charge in [0.05, 0.1) is 7.11 Å². The molecule has 21 heavy (non-hydrogen) atoms. The standard InChI is InChI=1S/C16H13F2NO2/c1-21-12-3-5-15-10(8-12)6-7-19(15)16(20)11-2-4-13(17)14(18)9-11/h2-5,8-9H,6-7H2,1H3. The number of hydrogen-bond donors (Lipinski definition) is 0. The SMILES string of the molecule is COc1ccc2c(c1)CCN2C(=O)c1ccc(F)c(F)c1. The van der Waals surface area contributed by atoms with Crippen LogP contribution in [-0.4, -0.2) is 19.6 Å². The molecule has 1 heterocycles. The molecule has 2 aromatic rings. The number of hydrogen-bond acceptors (Lipinski definition) is 2. The first kappa shape index (κ1) is 13.5. The molecule has 0 radical (unpaired) electrons. The van der Waals surface area contributed by atoms with E-state index in [1.165, 1.54) is 6.07 Å². The second-order valence-electron chi connectivity index (χ2n) is 4.83. The lowest BCUT2D eigenvalue weighted by molar-refractivity contribution is 0.0989. The lowest BCUT2D eigenvalue weighted by Crippen LogP contribution is -2.29. The molecule has 2 aromatic carbocycles. The van der Waals surface area contributed by atoms with Crippen LogP contribution in [0.4, 0.5) is 14.5 Å². The molecule has 108 valence electrons. The van der Waals surface area contributed by atoms with Crippen LogP contribution in [-0.2, 0) is 6.42 Å². The van der Waals surface area contributed by atoms with Crippen molar-refractivity contribution in [2.75, 3.05) is 18.6 Å². The normalized spacial score (nSPS) is 13.2. The molecule has 0 saturated heterocycles. The highest BCUT2D eigenvalue weighted by molar-refractivity contribution is 6.07. The van der Waals surface area contributed by atoms with Crippen molar-refractivity contribution in [3.05, 3.63) is 59.2 Å². The Morgan fingerprint density at radius 3 is 2.67 bits per heavy atom. The van der Waals surface area contributed by atoms with Gasteiger partial charge in [-0.3, -0.25) is 4.79 Å². The van der Waals surface area contributed by atoms with Crippen molar-refractivity contribution in [2.45, 2.75) is 6.42 Å². The Hall–Kier alpha value is -2.43. The average Bonchev–Trinajstić information content (AvgIpc) is 2.92. The zero-order chi connectivity index (χ0) is 15.0. The van der Waals surface area contributed by atoms with Gasteiger partial charge in [-0.25, -0.2) is 8.78 Å². The maximum atomic E-state index is 13.3. The number of rotatable bonds is 2. The second-order valence-corrected chi connectivity index (χ2v) is 4.83. The molecule has 0 aliphatic carbocycles. The third-order valence-electron chi connectivity index (χ3n) is 3.59. The molecule has 0 fully saturated rings. The van der Waals surface area contributed by atoms with Crippen LogP contribution in [0.1, 0.15) is 15.9 Å². The molecule has 3 nitrogen and oxygen atoms in total. The van der Waals surface area contributed by atoms with E-state index in [9.17, 15) is 13.6 Å². The fourth-order valence-electron chi connectivity index (χ4n) is 2.50. The van der Waals surface area contributed by atoms with Crippen molar-refractivity contribution in [1.82, 2.24) is 0 Å². The molecule has 0 spiro atoms. The van der Waals surface area contributed by atoms with Gasteiger partial charge < -0.3 is 9.64 Å². The number of anilines is 1. The highest BCUT2D eigenvalue weighted by atomic mass is 19.2. The molecule has 0 bridgehead atoms. The first-order valence-electron chi connectivity index (χ1n) is 6.54. The number of fused-ring (bicyclic) bond motifs is 1. The minimum absolute atomic E-state index is 0.137. The number of benzene rings is 2. The Kier molecular flexibility index (Phi) is 3.33. The van der Waals surface area contributed by atoms with Gasteiger partial charge in [0.25, 0.3) is 5.91 Å². The van der Waals surface area contributed by atoms with Crippen LogP contribution in [0.25, 0.3) is 0 Å². The summed E-state index contributed by atoms with van der Waals surface area (Å²) in [6.07, 6.45) is 0.710. The lowest BCUT2D eigenvalue weighted by Gasteiger charge is -2.17. The minimum Gasteiger partial charge on any atom is -0.497 e. The lowest BCUT2D eigenvalue weighted by atomic mass is 10.1. The van der Waals surface area contributed by atoms with Gasteiger partial charge in [0.15, 0.2) is 11.6 Å². The summed E-state index contributed by atoms with van der Waals surface area (Å²) in [4.78, 5) is 14.0. The summed E-state index contributed by atoms with van der Waals surface area (Å²) in [5, 5.41) is 0. The third-order valence-corrected chi connectivity index (χ3v) is 3.59. The first-order valence-corrected chi connectivity index (χ1v) is 6.54. The molecule has 0 atom stereocenters.